The van der Waals surface area contributed by atoms with Gasteiger partial charge >= 0.3 is 0 Å². The fourth-order valence-electron chi connectivity index (χ4n) is 2.32. The van der Waals surface area contributed by atoms with Crippen LogP contribution in [0.2, 0.25) is 0 Å². The van der Waals surface area contributed by atoms with E-state index < -0.39 is 10.0 Å². The van der Waals surface area contributed by atoms with Crippen LogP contribution in [-0.4, -0.2) is 39.7 Å². The third-order valence-electron chi connectivity index (χ3n) is 3.41. The lowest BCUT2D eigenvalue weighted by molar-refractivity contribution is -0.123. The Labute approximate surface area is 125 Å². The number of carbonyl (C=O) groups excluding carboxylic acids is 1. The number of sulfonamides is 1. The summed E-state index contributed by atoms with van der Waals surface area (Å²) in [4.78, 5) is 12.1. The van der Waals surface area contributed by atoms with Crippen LogP contribution in [0, 0.1) is 0 Å². The third kappa shape index (κ3) is 5.11. The number of benzene rings is 1. The van der Waals surface area contributed by atoms with Gasteiger partial charge in [0.2, 0.25) is 15.9 Å². The topological polar surface area (TPSA) is 87.3 Å². The van der Waals surface area contributed by atoms with Gasteiger partial charge in [-0.1, -0.05) is 24.3 Å². The van der Waals surface area contributed by atoms with Crippen LogP contribution in [0.3, 0.4) is 0 Å². The molecule has 1 aliphatic rings. The Morgan fingerprint density at radius 2 is 2.00 bits per heavy atom. The van der Waals surface area contributed by atoms with Gasteiger partial charge in [-0.2, -0.15) is 0 Å². The molecule has 0 saturated heterocycles. The predicted molar refractivity (Wildman–Crippen MR) is 81.2 cm³/mol. The van der Waals surface area contributed by atoms with Crippen LogP contribution in [0.4, 0.5) is 0 Å². The summed E-state index contributed by atoms with van der Waals surface area (Å²) in [5.41, 5.74) is 2.44. The SMILES string of the molecule is CS(=O)(=O)NCCCNC(=O)[C@H]1Cc2ccccc2CN1. The van der Waals surface area contributed by atoms with E-state index in [1.807, 2.05) is 18.2 Å². The highest BCUT2D eigenvalue weighted by Crippen LogP contribution is 2.16. The fourth-order valence-corrected chi connectivity index (χ4v) is 2.84. The Balaban J connectivity index is 1.73. The molecule has 0 fully saturated rings. The molecular weight excluding hydrogens is 290 g/mol. The Hall–Kier alpha value is -1.44. The normalized spacial score (nSPS) is 18.0. The van der Waals surface area contributed by atoms with Crippen LogP contribution in [-0.2, 0) is 27.8 Å². The van der Waals surface area contributed by atoms with Gasteiger partial charge in [0.1, 0.15) is 0 Å². The Bertz CT molecular complexity index is 601. The van der Waals surface area contributed by atoms with E-state index in [2.05, 4.69) is 21.4 Å². The number of amides is 1. The summed E-state index contributed by atoms with van der Waals surface area (Å²) in [6.45, 7) is 1.49. The van der Waals surface area contributed by atoms with Crippen molar-refractivity contribution in [2.24, 2.45) is 0 Å². The maximum absolute atomic E-state index is 12.1. The molecule has 1 heterocycles. The molecule has 0 aliphatic carbocycles. The van der Waals surface area contributed by atoms with Crippen molar-refractivity contribution in [3.8, 4) is 0 Å². The Kier molecular flexibility index (Phi) is 5.33. The molecule has 1 atom stereocenters. The van der Waals surface area contributed by atoms with E-state index in [0.717, 1.165) is 6.26 Å². The molecule has 0 spiro atoms. The number of rotatable bonds is 6. The van der Waals surface area contributed by atoms with Gasteiger partial charge in [-0.25, -0.2) is 13.1 Å². The molecule has 3 N–H and O–H groups in total. The first-order valence-corrected chi connectivity index (χ1v) is 8.87. The quantitative estimate of drug-likeness (QED) is 0.633. The minimum atomic E-state index is -3.15. The second-order valence-electron chi connectivity index (χ2n) is 5.22. The molecule has 0 unspecified atom stereocenters. The zero-order valence-electron chi connectivity index (χ0n) is 12.1. The summed E-state index contributed by atoms with van der Waals surface area (Å²) < 4.78 is 24.2. The lowest BCUT2D eigenvalue weighted by Gasteiger charge is -2.25. The zero-order valence-corrected chi connectivity index (χ0v) is 12.9. The van der Waals surface area contributed by atoms with Crippen molar-refractivity contribution in [1.82, 2.24) is 15.4 Å². The van der Waals surface area contributed by atoms with Crippen molar-refractivity contribution in [1.29, 1.82) is 0 Å². The van der Waals surface area contributed by atoms with Gasteiger partial charge in [-0.05, 0) is 24.0 Å². The molecule has 0 bridgehead atoms. The summed E-state index contributed by atoms with van der Waals surface area (Å²) in [7, 11) is -3.15. The lowest BCUT2D eigenvalue weighted by atomic mass is 9.95. The van der Waals surface area contributed by atoms with E-state index in [1.54, 1.807) is 0 Å². The van der Waals surface area contributed by atoms with Crippen molar-refractivity contribution in [3.63, 3.8) is 0 Å². The molecule has 0 saturated carbocycles. The van der Waals surface area contributed by atoms with Crippen LogP contribution in [0.15, 0.2) is 24.3 Å². The second kappa shape index (κ2) is 7.02. The van der Waals surface area contributed by atoms with Crippen LogP contribution in [0.1, 0.15) is 17.5 Å². The molecule has 1 amide bonds. The fraction of sp³-hybridized carbons (Fsp3) is 0.500. The first-order valence-electron chi connectivity index (χ1n) is 6.98. The molecule has 21 heavy (non-hydrogen) atoms. The van der Waals surface area contributed by atoms with E-state index in [9.17, 15) is 13.2 Å². The third-order valence-corrected chi connectivity index (χ3v) is 4.14. The first kappa shape index (κ1) is 15.9. The van der Waals surface area contributed by atoms with E-state index in [1.165, 1.54) is 11.1 Å². The molecule has 7 heteroatoms. The van der Waals surface area contributed by atoms with E-state index in [-0.39, 0.29) is 11.9 Å². The van der Waals surface area contributed by atoms with Gasteiger partial charge in [0.05, 0.1) is 12.3 Å². The predicted octanol–water partition coefficient (Wildman–Crippen LogP) is -0.244. The van der Waals surface area contributed by atoms with Crippen molar-refractivity contribution in [3.05, 3.63) is 35.4 Å². The van der Waals surface area contributed by atoms with Crippen molar-refractivity contribution in [2.75, 3.05) is 19.3 Å². The largest absolute Gasteiger partial charge is 0.355 e. The molecule has 1 aliphatic heterocycles. The zero-order chi connectivity index (χ0) is 15.3. The number of fused-ring (bicyclic) bond motifs is 1. The summed E-state index contributed by atoms with van der Waals surface area (Å²) in [5, 5.41) is 6.05. The van der Waals surface area contributed by atoms with Gasteiger partial charge in [0, 0.05) is 19.6 Å². The number of carbonyl (C=O) groups is 1. The second-order valence-corrected chi connectivity index (χ2v) is 7.05. The van der Waals surface area contributed by atoms with Crippen molar-refractivity contribution in [2.45, 2.75) is 25.4 Å². The summed E-state index contributed by atoms with van der Waals surface area (Å²) >= 11 is 0. The van der Waals surface area contributed by atoms with Crippen LogP contribution < -0.4 is 15.4 Å². The van der Waals surface area contributed by atoms with E-state index >= 15 is 0 Å². The number of hydrogen-bond acceptors (Lipinski definition) is 4. The summed E-state index contributed by atoms with van der Waals surface area (Å²) in [5.74, 6) is -0.0381. The molecule has 1 aromatic carbocycles. The minimum absolute atomic E-state index is 0.0381. The highest BCUT2D eigenvalue weighted by Gasteiger charge is 2.23. The average Bonchev–Trinajstić information content (AvgIpc) is 2.45. The lowest BCUT2D eigenvalue weighted by Crippen LogP contribution is -2.48. The molecule has 6 nitrogen and oxygen atoms in total. The van der Waals surface area contributed by atoms with Crippen LogP contribution in [0.5, 0.6) is 0 Å². The van der Waals surface area contributed by atoms with Gasteiger partial charge in [-0.15, -0.1) is 0 Å². The molecule has 0 aromatic heterocycles. The van der Waals surface area contributed by atoms with E-state index in [0.29, 0.717) is 32.5 Å². The van der Waals surface area contributed by atoms with E-state index in [4.69, 9.17) is 0 Å². The number of hydrogen-bond donors (Lipinski definition) is 3. The first-order chi connectivity index (χ1) is 9.96. The van der Waals surface area contributed by atoms with Gasteiger partial charge in [0.15, 0.2) is 0 Å². The highest BCUT2D eigenvalue weighted by atomic mass is 32.2. The van der Waals surface area contributed by atoms with Gasteiger partial charge in [0.25, 0.3) is 0 Å². The minimum Gasteiger partial charge on any atom is -0.355 e. The highest BCUT2D eigenvalue weighted by molar-refractivity contribution is 7.88. The summed E-state index contributed by atoms with van der Waals surface area (Å²) in [6, 6.07) is 7.87. The van der Waals surface area contributed by atoms with Crippen molar-refractivity contribution < 1.29 is 13.2 Å². The van der Waals surface area contributed by atoms with Gasteiger partial charge in [-0.3, -0.25) is 4.79 Å². The molecule has 0 radical (unpaired) electrons. The standard InChI is InChI=1S/C14H21N3O3S/c1-21(19,20)17-8-4-7-15-14(18)13-9-11-5-2-3-6-12(11)10-16-13/h2-3,5-6,13,16-17H,4,7-10H2,1H3,(H,15,18)/t13-/m1/s1. The molecular formula is C14H21N3O3S. The van der Waals surface area contributed by atoms with Crippen molar-refractivity contribution >= 4 is 15.9 Å². The molecule has 1 aromatic rings. The Morgan fingerprint density at radius 1 is 1.29 bits per heavy atom. The molecule has 2 rings (SSSR count). The molecule has 116 valence electrons. The smallest absolute Gasteiger partial charge is 0.237 e. The van der Waals surface area contributed by atoms with Crippen LogP contribution >= 0.6 is 0 Å². The maximum Gasteiger partial charge on any atom is 0.237 e. The average molecular weight is 311 g/mol. The van der Waals surface area contributed by atoms with Gasteiger partial charge < -0.3 is 10.6 Å². The number of nitrogens with one attached hydrogen (secondary N) is 3. The Morgan fingerprint density at radius 3 is 2.71 bits per heavy atom. The maximum atomic E-state index is 12.1. The summed E-state index contributed by atoms with van der Waals surface area (Å²) in [6.07, 6.45) is 2.38. The van der Waals surface area contributed by atoms with Crippen LogP contribution in [0.25, 0.3) is 0 Å². The monoisotopic (exact) mass is 311 g/mol.